The smallest absolute Gasteiger partial charge is 0.260 e. The van der Waals surface area contributed by atoms with Gasteiger partial charge in [-0.1, -0.05) is 61.5 Å². The van der Waals surface area contributed by atoms with E-state index in [4.69, 9.17) is 14.2 Å². The van der Waals surface area contributed by atoms with Gasteiger partial charge in [-0.05, 0) is 53.3 Å². The van der Waals surface area contributed by atoms with Crippen LogP contribution in [0.2, 0.25) is 0 Å². The second-order valence-corrected chi connectivity index (χ2v) is 8.62. The summed E-state index contributed by atoms with van der Waals surface area (Å²) in [7, 11) is 0. The van der Waals surface area contributed by atoms with Gasteiger partial charge in [0.05, 0.1) is 13.2 Å². The molecule has 0 radical (unpaired) electrons. The first-order valence-electron chi connectivity index (χ1n) is 12.0. The summed E-state index contributed by atoms with van der Waals surface area (Å²) >= 11 is 0. The molecule has 0 N–H and O–H groups in total. The minimum atomic E-state index is -0.0569. The Morgan fingerprint density at radius 1 is 0.971 bits per heavy atom. The third kappa shape index (κ3) is 6.39. The fraction of sp³-hybridized carbons (Fsp3) is 0.345. The lowest BCUT2D eigenvalue weighted by Gasteiger charge is -2.24. The molecular weight excluding hydrogens is 426 g/mol. The third-order valence-electron chi connectivity index (χ3n) is 6.08. The van der Waals surface area contributed by atoms with E-state index in [9.17, 15) is 4.79 Å². The van der Waals surface area contributed by atoms with Crippen molar-refractivity contribution in [3.8, 4) is 11.5 Å². The van der Waals surface area contributed by atoms with Gasteiger partial charge in [-0.15, -0.1) is 0 Å². The predicted octanol–water partition coefficient (Wildman–Crippen LogP) is 4.96. The van der Waals surface area contributed by atoms with Crippen LogP contribution < -0.4 is 9.47 Å². The van der Waals surface area contributed by atoms with Crippen molar-refractivity contribution in [3.05, 3.63) is 94.5 Å². The van der Waals surface area contributed by atoms with Gasteiger partial charge in [-0.25, -0.2) is 0 Å². The zero-order chi connectivity index (χ0) is 23.8. The highest BCUT2D eigenvalue weighted by atomic mass is 16.5. The van der Waals surface area contributed by atoms with Crippen LogP contribution in [0.3, 0.4) is 0 Å². The van der Waals surface area contributed by atoms with E-state index in [1.165, 1.54) is 16.7 Å². The number of benzene rings is 3. The topological polar surface area (TPSA) is 48.0 Å². The maximum absolute atomic E-state index is 13.1. The van der Waals surface area contributed by atoms with Crippen molar-refractivity contribution in [1.29, 1.82) is 0 Å². The molecule has 0 aromatic heterocycles. The Bertz CT molecular complexity index is 1110. The second kappa shape index (κ2) is 11.7. The number of aryl methyl sites for hydroxylation is 2. The quantitative estimate of drug-likeness (QED) is 0.553. The van der Waals surface area contributed by atoms with E-state index in [1.807, 2.05) is 36.1 Å². The van der Waals surface area contributed by atoms with Gasteiger partial charge in [0.1, 0.15) is 18.1 Å². The number of carbonyl (C=O) groups excluding carboxylic acids is 1. The van der Waals surface area contributed by atoms with Crippen molar-refractivity contribution in [2.75, 3.05) is 33.0 Å². The van der Waals surface area contributed by atoms with Crippen molar-refractivity contribution < 1.29 is 19.0 Å². The summed E-state index contributed by atoms with van der Waals surface area (Å²) in [6.07, 6.45) is 1.76. The molecule has 1 aliphatic heterocycles. The highest BCUT2D eigenvalue weighted by Gasteiger charge is 2.16. The fourth-order valence-electron chi connectivity index (χ4n) is 4.14. The van der Waals surface area contributed by atoms with Crippen LogP contribution in [0.15, 0.2) is 66.7 Å². The van der Waals surface area contributed by atoms with Gasteiger partial charge < -0.3 is 19.1 Å². The van der Waals surface area contributed by atoms with Crippen molar-refractivity contribution in [2.24, 2.45) is 0 Å². The number of ether oxygens (including phenoxy) is 3. The van der Waals surface area contributed by atoms with Crippen molar-refractivity contribution >= 4 is 5.91 Å². The average Bonchev–Trinajstić information content (AvgIpc) is 2.85. The van der Waals surface area contributed by atoms with Gasteiger partial charge in [-0.3, -0.25) is 4.79 Å². The number of carbonyl (C=O) groups is 1. The molecule has 0 fully saturated rings. The lowest BCUT2D eigenvalue weighted by Crippen LogP contribution is -2.37. The molecule has 34 heavy (non-hydrogen) atoms. The summed E-state index contributed by atoms with van der Waals surface area (Å²) in [6, 6.07) is 22.6. The van der Waals surface area contributed by atoms with Gasteiger partial charge in [0.2, 0.25) is 0 Å². The summed E-state index contributed by atoms with van der Waals surface area (Å²) in [4.78, 5) is 14.9. The Hall–Kier alpha value is -3.31. The molecule has 1 amide bonds. The van der Waals surface area contributed by atoms with Gasteiger partial charge in [0.25, 0.3) is 5.91 Å². The van der Waals surface area contributed by atoms with Gasteiger partial charge in [0.15, 0.2) is 6.61 Å². The standard InChI is InChI=1S/C29H33NO4/c1-3-23-11-12-28-26(18-23)19-24-8-6-9-25(17-24)20-30(13-14-32-15-16-33-28)29(31)21-34-27-10-5-4-7-22(27)2/h4-12,17-18H,3,13-16,19-21H2,1-2H3. The Labute approximate surface area is 202 Å². The minimum absolute atomic E-state index is 0.000819. The number of amides is 1. The lowest BCUT2D eigenvalue weighted by molar-refractivity contribution is -0.134. The van der Waals surface area contributed by atoms with Crippen LogP contribution in [-0.4, -0.2) is 43.8 Å². The number of hydrogen-bond acceptors (Lipinski definition) is 4. The fourth-order valence-corrected chi connectivity index (χ4v) is 4.14. The number of fused-ring (bicyclic) bond motifs is 3. The van der Waals surface area contributed by atoms with Crippen LogP contribution >= 0.6 is 0 Å². The molecule has 3 aromatic carbocycles. The molecule has 0 atom stereocenters. The van der Waals surface area contributed by atoms with E-state index in [-0.39, 0.29) is 12.5 Å². The molecule has 2 bridgehead atoms. The maximum atomic E-state index is 13.1. The third-order valence-corrected chi connectivity index (χ3v) is 6.08. The number of hydrogen-bond donors (Lipinski definition) is 0. The summed E-state index contributed by atoms with van der Waals surface area (Å²) in [5.41, 5.74) is 5.77. The molecule has 1 heterocycles. The molecule has 1 aliphatic rings. The van der Waals surface area contributed by atoms with Crippen molar-refractivity contribution in [3.63, 3.8) is 0 Å². The number of nitrogens with zero attached hydrogens (tertiary/aromatic N) is 1. The zero-order valence-electron chi connectivity index (χ0n) is 20.1. The maximum Gasteiger partial charge on any atom is 0.260 e. The van der Waals surface area contributed by atoms with Crippen molar-refractivity contribution in [1.82, 2.24) is 4.90 Å². The molecule has 178 valence electrons. The molecule has 4 rings (SSSR count). The molecule has 3 aromatic rings. The Morgan fingerprint density at radius 3 is 2.68 bits per heavy atom. The zero-order valence-corrected chi connectivity index (χ0v) is 20.1. The molecule has 0 aliphatic carbocycles. The summed E-state index contributed by atoms with van der Waals surface area (Å²) in [6.45, 7) is 6.55. The highest BCUT2D eigenvalue weighted by Crippen LogP contribution is 2.25. The molecular formula is C29H33NO4. The molecule has 0 spiro atoms. The first-order valence-corrected chi connectivity index (χ1v) is 12.0. The largest absolute Gasteiger partial charge is 0.491 e. The first kappa shape index (κ1) is 23.8. The first-order chi connectivity index (χ1) is 16.6. The SMILES string of the molecule is CCc1ccc2c(c1)Cc1cccc(c1)CN(C(=O)COc1ccccc1C)CCOCCO2. The van der Waals surface area contributed by atoms with E-state index < -0.39 is 0 Å². The average molecular weight is 460 g/mol. The second-order valence-electron chi connectivity index (χ2n) is 8.62. The molecule has 5 heteroatoms. The van der Waals surface area contributed by atoms with Crippen molar-refractivity contribution in [2.45, 2.75) is 33.2 Å². The Balaban J connectivity index is 1.52. The van der Waals surface area contributed by atoms with Crippen LogP contribution in [0.1, 0.15) is 34.7 Å². The van der Waals surface area contributed by atoms with E-state index in [0.29, 0.717) is 32.9 Å². The van der Waals surface area contributed by atoms with Crippen LogP contribution in [0.4, 0.5) is 0 Å². The summed E-state index contributed by atoms with van der Waals surface area (Å²) in [5.74, 6) is 1.59. The van der Waals surface area contributed by atoms with E-state index >= 15 is 0 Å². The van der Waals surface area contributed by atoms with E-state index in [0.717, 1.165) is 35.5 Å². The number of para-hydroxylation sites is 1. The predicted molar refractivity (Wildman–Crippen MR) is 133 cm³/mol. The molecule has 0 saturated carbocycles. The number of rotatable bonds is 4. The molecule has 0 saturated heterocycles. The van der Waals surface area contributed by atoms with Gasteiger partial charge >= 0.3 is 0 Å². The normalized spacial score (nSPS) is 14.5. The molecule has 0 unspecified atom stereocenters. The van der Waals surface area contributed by atoms with Crippen LogP contribution in [-0.2, 0) is 28.9 Å². The van der Waals surface area contributed by atoms with Gasteiger partial charge in [-0.2, -0.15) is 0 Å². The van der Waals surface area contributed by atoms with Crippen LogP contribution in [0.25, 0.3) is 0 Å². The summed E-state index contributed by atoms with van der Waals surface area (Å²) < 4.78 is 17.7. The molecule has 5 nitrogen and oxygen atoms in total. The van der Waals surface area contributed by atoms with Gasteiger partial charge in [0, 0.05) is 19.5 Å². The highest BCUT2D eigenvalue weighted by molar-refractivity contribution is 5.77. The van der Waals surface area contributed by atoms with E-state index in [2.05, 4.69) is 49.4 Å². The van der Waals surface area contributed by atoms with Crippen LogP contribution in [0, 0.1) is 6.92 Å². The Kier molecular flexibility index (Phi) is 8.21. The Morgan fingerprint density at radius 2 is 1.82 bits per heavy atom. The minimum Gasteiger partial charge on any atom is -0.491 e. The van der Waals surface area contributed by atoms with Crippen LogP contribution in [0.5, 0.6) is 11.5 Å². The van der Waals surface area contributed by atoms with E-state index in [1.54, 1.807) is 0 Å². The lowest BCUT2D eigenvalue weighted by atomic mass is 9.99. The summed E-state index contributed by atoms with van der Waals surface area (Å²) in [5, 5.41) is 0. The monoisotopic (exact) mass is 459 g/mol.